The summed E-state index contributed by atoms with van der Waals surface area (Å²) in [6.07, 6.45) is 6.45. The van der Waals surface area contributed by atoms with Crippen LogP contribution in [0.3, 0.4) is 0 Å². The summed E-state index contributed by atoms with van der Waals surface area (Å²) in [6.45, 7) is 4.01. The molecule has 3 N–H and O–H groups in total. The Hall–Kier alpha value is -0.120. The number of unbranched alkanes of at least 4 members (excludes halogenated alkanes) is 2. The second kappa shape index (κ2) is 6.46. The van der Waals surface area contributed by atoms with Crippen LogP contribution in [0.4, 0.5) is 0 Å². The Balaban J connectivity index is 2.17. The fraction of sp³-hybridized carbons (Fsp3) is 1.00. The van der Waals surface area contributed by atoms with E-state index in [9.17, 15) is 0 Å². The molecule has 0 radical (unpaired) electrons. The first kappa shape index (κ1) is 12.9. The number of hydrogen-bond acceptors (Lipinski definition) is 3. The highest BCUT2D eigenvalue weighted by Gasteiger charge is 2.36. The van der Waals surface area contributed by atoms with Gasteiger partial charge in [0.1, 0.15) is 0 Å². The summed E-state index contributed by atoms with van der Waals surface area (Å²) in [7, 11) is 0. The number of aliphatic hydroxyl groups is 1. The maximum Gasteiger partial charge on any atom is 0.0806 e. The molecule has 0 amide bonds. The predicted octanol–water partition coefficient (Wildman–Crippen LogP) is 1.68. The lowest BCUT2D eigenvalue weighted by molar-refractivity contribution is -0.0375. The minimum Gasteiger partial charge on any atom is -0.396 e. The lowest BCUT2D eigenvalue weighted by atomic mass is 10.0. The summed E-state index contributed by atoms with van der Waals surface area (Å²) in [5, 5.41) is 8.65. The van der Waals surface area contributed by atoms with Gasteiger partial charge in [0.2, 0.25) is 0 Å². The molecule has 15 heavy (non-hydrogen) atoms. The van der Waals surface area contributed by atoms with Crippen molar-refractivity contribution in [3.8, 4) is 0 Å². The van der Waals surface area contributed by atoms with E-state index in [-0.39, 0.29) is 5.60 Å². The summed E-state index contributed by atoms with van der Waals surface area (Å²) < 4.78 is 5.95. The molecule has 0 saturated heterocycles. The molecule has 0 bridgehead atoms. The van der Waals surface area contributed by atoms with Crippen LogP contribution in [0, 0.1) is 5.92 Å². The molecule has 0 aliphatic heterocycles. The number of aliphatic hydroxyl groups excluding tert-OH is 1. The van der Waals surface area contributed by atoms with Crippen LogP contribution in [0.25, 0.3) is 0 Å². The first-order valence-corrected chi connectivity index (χ1v) is 6.17. The van der Waals surface area contributed by atoms with Gasteiger partial charge in [0.25, 0.3) is 0 Å². The molecule has 1 saturated carbocycles. The number of hydrogen-bond donors (Lipinski definition) is 2. The molecule has 0 aromatic heterocycles. The highest BCUT2D eigenvalue weighted by atomic mass is 16.5. The van der Waals surface area contributed by atoms with Gasteiger partial charge in [-0.05, 0) is 44.4 Å². The van der Waals surface area contributed by atoms with Crippen LogP contribution in [0.5, 0.6) is 0 Å². The van der Waals surface area contributed by atoms with Gasteiger partial charge in [-0.15, -0.1) is 0 Å². The van der Waals surface area contributed by atoms with Gasteiger partial charge < -0.3 is 15.6 Å². The molecule has 0 aromatic rings. The SMILES string of the molecule is CC1CCC(CN)(OCCCCCO)C1. The first-order chi connectivity index (χ1) is 7.22. The molecule has 0 spiro atoms. The van der Waals surface area contributed by atoms with Gasteiger partial charge in [-0.3, -0.25) is 0 Å². The van der Waals surface area contributed by atoms with Crippen LogP contribution >= 0.6 is 0 Å². The van der Waals surface area contributed by atoms with Gasteiger partial charge >= 0.3 is 0 Å². The monoisotopic (exact) mass is 215 g/mol. The minimum absolute atomic E-state index is 0.0291. The Morgan fingerprint density at radius 2 is 2.20 bits per heavy atom. The van der Waals surface area contributed by atoms with Gasteiger partial charge in [0, 0.05) is 19.8 Å². The van der Waals surface area contributed by atoms with Crippen molar-refractivity contribution in [3.05, 3.63) is 0 Å². The van der Waals surface area contributed by atoms with Crippen LogP contribution < -0.4 is 5.73 Å². The molecule has 3 nitrogen and oxygen atoms in total. The van der Waals surface area contributed by atoms with Gasteiger partial charge in [-0.1, -0.05) is 6.92 Å². The maximum atomic E-state index is 8.65. The number of nitrogens with two attached hydrogens (primary N) is 1. The van der Waals surface area contributed by atoms with Crippen LogP contribution in [0.2, 0.25) is 0 Å². The van der Waals surface area contributed by atoms with Crippen molar-refractivity contribution < 1.29 is 9.84 Å². The minimum atomic E-state index is -0.0291. The second-order valence-corrected chi connectivity index (χ2v) is 4.87. The molecule has 2 atom stereocenters. The van der Waals surface area contributed by atoms with E-state index in [1.165, 1.54) is 6.42 Å². The maximum absolute atomic E-state index is 8.65. The van der Waals surface area contributed by atoms with E-state index >= 15 is 0 Å². The molecule has 3 heteroatoms. The third kappa shape index (κ3) is 4.09. The van der Waals surface area contributed by atoms with Crippen molar-refractivity contribution in [2.45, 2.75) is 51.0 Å². The fourth-order valence-corrected chi connectivity index (χ4v) is 2.40. The normalized spacial score (nSPS) is 31.0. The van der Waals surface area contributed by atoms with Crippen LogP contribution in [0.1, 0.15) is 45.4 Å². The van der Waals surface area contributed by atoms with E-state index in [4.69, 9.17) is 15.6 Å². The second-order valence-electron chi connectivity index (χ2n) is 4.87. The van der Waals surface area contributed by atoms with Crippen molar-refractivity contribution in [2.24, 2.45) is 11.7 Å². The van der Waals surface area contributed by atoms with Crippen molar-refractivity contribution >= 4 is 0 Å². The molecule has 2 unspecified atom stereocenters. The summed E-state index contributed by atoms with van der Waals surface area (Å²) in [6, 6.07) is 0. The van der Waals surface area contributed by atoms with Crippen molar-refractivity contribution in [1.82, 2.24) is 0 Å². The van der Waals surface area contributed by atoms with Crippen molar-refractivity contribution in [3.63, 3.8) is 0 Å². The van der Waals surface area contributed by atoms with Gasteiger partial charge in [0.15, 0.2) is 0 Å². The number of ether oxygens (including phenoxy) is 1. The smallest absolute Gasteiger partial charge is 0.0806 e. The zero-order valence-electron chi connectivity index (χ0n) is 9.87. The van der Waals surface area contributed by atoms with Crippen molar-refractivity contribution in [1.29, 1.82) is 0 Å². The first-order valence-electron chi connectivity index (χ1n) is 6.17. The van der Waals surface area contributed by atoms with Crippen LogP contribution in [-0.2, 0) is 4.74 Å². The molecule has 90 valence electrons. The van der Waals surface area contributed by atoms with E-state index < -0.39 is 0 Å². The van der Waals surface area contributed by atoms with E-state index in [0.29, 0.717) is 13.2 Å². The predicted molar refractivity (Wildman–Crippen MR) is 61.7 cm³/mol. The molecular formula is C12H25NO2. The van der Waals surface area contributed by atoms with Gasteiger partial charge in [0.05, 0.1) is 5.60 Å². The summed E-state index contributed by atoms with van der Waals surface area (Å²) >= 11 is 0. The van der Waals surface area contributed by atoms with E-state index in [2.05, 4.69) is 6.92 Å². The Morgan fingerprint density at radius 3 is 2.73 bits per heavy atom. The van der Waals surface area contributed by atoms with Crippen LogP contribution in [-0.4, -0.2) is 30.5 Å². The molecule has 1 fully saturated rings. The lowest BCUT2D eigenvalue weighted by Gasteiger charge is -2.28. The summed E-state index contributed by atoms with van der Waals surface area (Å²) in [5.74, 6) is 0.756. The standard InChI is InChI=1S/C12H25NO2/c1-11-5-6-12(9-11,10-13)15-8-4-2-3-7-14/h11,14H,2-10,13H2,1H3. The van der Waals surface area contributed by atoms with Crippen molar-refractivity contribution in [2.75, 3.05) is 19.8 Å². The third-order valence-electron chi connectivity index (χ3n) is 3.40. The fourth-order valence-electron chi connectivity index (χ4n) is 2.40. The molecule has 1 rings (SSSR count). The van der Waals surface area contributed by atoms with Gasteiger partial charge in [-0.25, -0.2) is 0 Å². The molecule has 1 aliphatic carbocycles. The quantitative estimate of drug-likeness (QED) is 0.635. The Kier molecular flexibility index (Phi) is 5.58. The van der Waals surface area contributed by atoms with E-state index in [1.54, 1.807) is 0 Å². The Labute approximate surface area is 93.0 Å². The highest BCUT2D eigenvalue weighted by molar-refractivity contribution is 4.90. The summed E-state index contributed by atoms with van der Waals surface area (Å²) in [4.78, 5) is 0. The molecule has 1 aliphatic rings. The third-order valence-corrected chi connectivity index (χ3v) is 3.40. The average Bonchev–Trinajstić information content (AvgIpc) is 2.61. The Morgan fingerprint density at radius 1 is 1.40 bits per heavy atom. The molecule has 0 heterocycles. The summed E-state index contributed by atoms with van der Waals surface area (Å²) in [5.41, 5.74) is 5.78. The lowest BCUT2D eigenvalue weighted by Crippen LogP contribution is -2.38. The van der Waals surface area contributed by atoms with Crippen LogP contribution in [0.15, 0.2) is 0 Å². The van der Waals surface area contributed by atoms with Gasteiger partial charge in [-0.2, -0.15) is 0 Å². The number of rotatable bonds is 7. The Bertz CT molecular complexity index is 175. The molecular weight excluding hydrogens is 190 g/mol. The molecule has 0 aromatic carbocycles. The zero-order chi connectivity index (χ0) is 11.1. The van der Waals surface area contributed by atoms with E-state index in [1.807, 2.05) is 0 Å². The topological polar surface area (TPSA) is 55.5 Å². The zero-order valence-corrected chi connectivity index (χ0v) is 9.87. The average molecular weight is 215 g/mol. The largest absolute Gasteiger partial charge is 0.396 e. The highest BCUT2D eigenvalue weighted by Crippen LogP contribution is 2.36. The van der Waals surface area contributed by atoms with E-state index in [0.717, 1.165) is 44.6 Å².